The normalized spacial score (nSPS) is 18.8. The quantitative estimate of drug-likeness (QED) is 0.580. The third-order valence-electron chi connectivity index (χ3n) is 4.22. The van der Waals surface area contributed by atoms with Gasteiger partial charge in [-0.15, -0.1) is 0 Å². The van der Waals surface area contributed by atoms with Crippen molar-refractivity contribution in [3.8, 4) is 0 Å². The number of rotatable bonds is 8. The maximum atomic E-state index is 5.12. The first kappa shape index (κ1) is 15.6. The van der Waals surface area contributed by atoms with E-state index in [2.05, 4.69) is 29.2 Å². The van der Waals surface area contributed by atoms with Gasteiger partial charge in [-0.2, -0.15) is 0 Å². The molecule has 1 N–H and O–H groups in total. The van der Waals surface area contributed by atoms with E-state index in [1.165, 1.54) is 38.5 Å². The molecule has 1 aromatic heterocycles. The molecule has 1 aromatic rings. The molecular weight excluding hydrogens is 248 g/mol. The first-order chi connectivity index (χ1) is 9.85. The van der Waals surface area contributed by atoms with Gasteiger partial charge in [0.1, 0.15) is 0 Å². The summed E-state index contributed by atoms with van der Waals surface area (Å²) in [6, 6.07) is 0.577. The second-order valence-corrected chi connectivity index (χ2v) is 5.93. The fourth-order valence-electron chi connectivity index (χ4n) is 3.12. The number of ether oxygens (including phenoxy) is 1. The van der Waals surface area contributed by atoms with Crippen LogP contribution in [0.15, 0.2) is 12.4 Å². The highest BCUT2D eigenvalue weighted by Gasteiger charge is 2.19. The third kappa shape index (κ3) is 4.35. The average molecular weight is 278 g/mol. The molecule has 2 rings (SSSR count). The van der Waals surface area contributed by atoms with E-state index in [9.17, 15) is 0 Å². The molecule has 0 fully saturated rings. The maximum absolute atomic E-state index is 5.12. The number of unbranched alkanes of at least 4 members (excludes halogenated alkanes) is 1. The van der Waals surface area contributed by atoms with E-state index in [4.69, 9.17) is 4.74 Å². The van der Waals surface area contributed by atoms with Crippen LogP contribution in [0, 0.1) is 0 Å². The fourth-order valence-corrected chi connectivity index (χ4v) is 3.12. The summed E-state index contributed by atoms with van der Waals surface area (Å²) < 4.78 is 7.51. The van der Waals surface area contributed by atoms with Crippen LogP contribution in [0.4, 0.5) is 0 Å². The number of aromatic nitrogens is 1. The van der Waals surface area contributed by atoms with Gasteiger partial charge in [-0.25, -0.2) is 0 Å². The lowest BCUT2D eigenvalue weighted by atomic mass is 10.0. The summed E-state index contributed by atoms with van der Waals surface area (Å²) >= 11 is 0. The Kier molecular flexibility index (Phi) is 6.61. The van der Waals surface area contributed by atoms with Crippen LogP contribution in [0.25, 0.3) is 0 Å². The Morgan fingerprint density at radius 2 is 2.20 bits per heavy atom. The van der Waals surface area contributed by atoms with Crippen molar-refractivity contribution in [2.45, 2.75) is 64.5 Å². The summed E-state index contributed by atoms with van der Waals surface area (Å²) in [6.07, 6.45) is 13.6. The highest BCUT2D eigenvalue weighted by molar-refractivity contribution is 5.29. The number of hydrogen-bond acceptors (Lipinski definition) is 2. The van der Waals surface area contributed by atoms with Crippen LogP contribution in [-0.2, 0) is 17.7 Å². The van der Waals surface area contributed by atoms with Gasteiger partial charge in [0.2, 0.25) is 0 Å². The van der Waals surface area contributed by atoms with E-state index < -0.39 is 0 Å². The summed E-state index contributed by atoms with van der Waals surface area (Å²) in [5, 5.41) is 3.72. The highest BCUT2D eigenvalue weighted by Crippen LogP contribution is 2.29. The van der Waals surface area contributed by atoms with Gasteiger partial charge in [0.05, 0.1) is 0 Å². The van der Waals surface area contributed by atoms with Crippen LogP contribution in [0.5, 0.6) is 0 Å². The molecule has 3 heteroatoms. The standard InChI is InChI=1S/C17H30N2O/c1-3-10-18-17-9-5-4-8-15-13-19(14-16(15)17)11-6-7-12-20-2/h13-14,17-18H,3-12H2,1-2H3. The number of methoxy groups -OCH3 is 1. The summed E-state index contributed by atoms with van der Waals surface area (Å²) in [5.74, 6) is 0. The summed E-state index contributed by atoms with van der Waals surface area (Å²) in [5.41, 5.74) is 3.13. The zero-order valence-electron chi connectivity index (χ0n) is 13.2. The van der Waals surface area contributed by atoms with Gasteiger partial charge in [0, 0.05) is 38.7 Å². The first-order valence-electron chi connectivity index (χ1n) is 8.26. The van der Waals surface area contributed by atoms with E-state index in [1.54, 1.807) is 18.2 Å². The van der Waals surface area contributed by atoms with Crippen molar-refractivity contribution in [2.75, 3.05) is 20.3 Å². The van der Waals surface area contributed by atoms with Crippen LogP contribution in [0.3, 0.4) is 0 Å². The Morgan fingerprint density at radius 3 is 3.00 bits per heavy atom. The minimum absolute atomic E-state index is 0.577. The fraction of sp³-hybridized carbons (Fsp3) is 0.765. The lowest BCUT2D eigenvalue weighted by molar-refractivity contribution is 0.191. The molecule has 0 radical (unpaired) electrons. The molecule has 114 valence electrons. The molecule has 20 heavy (non-hydrogen) atoms. The van der Waals surface area contributed by atoms with Crippen molar-refractivity contribution in [2.24, 2.45) is 0 Å². The maximum Gasteiger partial charge on any atom is 0.0462 e. The van der Waals surface area contributed by atoms with Gasteiger partial charge >= 0.3 is 0 Å². The molecule has 0 aromatic carbocycles. The smallest absolute Gasteiger partial charge is 0.0462 e. The van der Waals surface area contributed by atoms with Gasteiger partial charge < -0.3 is 14.6 Å². The number of hydrogen-bond donors (Lipinski definition) is 1. The molecule has 0 aliphatic heterocycles. The second kappa shape index (κ2) is 8.48. The van der Waals surface area contributed by atoms with Crippen molar-refractivity contribution >= 4 is 0 Å². The Bertz CT molecular complexity index is 386. The number of fused-ring (bicyclic) bond motifs is 1. The van der Waals surface area contributed by atoms with Crippen LogP contribution in [0.1, 0.15) is 62.6 Å². The van der Waals surface area contributed by atoms with Crippen LogP contribution in [0.2, 0.25) is 0 Å². The zero-order chi connectivity index (χ0) is 14.2. The SMILES string of the molecule is CCCNC1CCCCc2cn(CCCCOC)cc21. The molecule has 0 saturated heterocycles. The monoisotopic (exact) mass is 278 g/mol. The lowest BCUT2D eigenvalue weighted by Crippen LogP contribution is -2.21. The van der Waals surface area contributed by atoms with Gasteiger partial charge in [0.25, 0.3) is 0 Å². The van der Waals surface area contributed by atoms with Crippen molar-refractivity contribution in [3.05, 3.63) is 23.5 Å². The Labute approximate surface area is 123 Å². The van der Waals surface area contributed by atoms with Crippen molar-refractivity contribution in [1.82, 2.24) is 9.88 Å². The molecule has 3 nitrogen and oxygen atoms in total. The van der Waals surface area contributed by atoms with Crippen molar-refractivity contribution in [3.63, 3.8) is 0 Å². The molecule has 1 aliphatic rings. The molecule has 1 aliphatic carbocycles. The van der Waals surface area contributed by atoms with Crippen LogP contribution >= 0.6 is 0 Å². The van der Waals surface area contributed by atoms with Crippen LogP contribution < -0.4 is 5.32 Å². The second-order valence-electron chi connectivity index (χ2n) is 5.93. The third-order valence-corrected chi connectivity index (χ3v) is 4.22. The molecular formula is C17H30N2O. The van der Waals surface area contributed by atoms with Crippen LogP contribution in [-0.4, -0.2) is 24.8 Å². The Morgan fingerprint density at radius 1 is 1.30 bits per heavy atom. The number of aryl methyl sites for hydroxylation is 2. The molecule has 1 unspecified atom stereocenters. The van der Waals surface area contributed by atoms with E-state index in [1.807, 2.05) is 0 Å². The highest BCUT2D eigenvalue weighted by atomic mass is 16.5. The summed E-state index contributed by atoms with van der Waals surface area (Å²) in [6.45, 7) is 5.37. The van der Waals surface area contributed by atoms with Gasteiger partial charge in [0.15, 0.2) is 0 Å². The predicted octanol–water partition coefficient (Wildman–Crippen LogP) is 3.68. The van der Waals surface area contributed by atoms with Crippen molar-refractivity contribution in [1.29, 1.82) is 0 Å². The number of nitrogens with one attached hydrogen (secondary N) is 1. The molecule has 0 amide bonds. The largest absolute Gasteiger partial charge is 0.385 e. The van der Waals surface area contributed by atoms with Gasteiger partial charge in [-0.05, 0) is 56.2 Å². The molecule has 0 spiro atoms. The molecule has 0 bridgehead atoms. The zero-order valence-corrected chi connectivity index (χ0v) is 13.2. The van der Waals surface area contributed by atoms with E-state index in [0.717, 1.165) is 26.1 Å². The van der Waals surface area contributed by atoms with Gasteiger partial charge in [-0.3, -0.25) is 0 Å². The number of nitrogens with zero attached hydrogens (tertiary/aromatic N) is 1. The molecule has 1 heterocycles. The first-order valence-corrected chi connectivity index (χ1v) is 8.26. The minimum Gasteiger partial charge on any atom is -0.385 e. The van der Waals surface area contributed by atoms with E-state index >= 15 is 0 Å². The van der Waals surface area contributed by atoms with Crippen molar-refractivity contribution < 1.29 is 4.74 Å². The Hall–Kier alpha value is -0.800. The molecule has 0 saturated carbocycles. The minimum atomic E-state index is 0.577. The lowest BCUT2D eigenvalue weighted by Gasteiger charge is -2.16. The predicted molar refractivity (Wildman–Crippen MR) is 84.1 cm³/mol. The average Bonchev–Trinajstić information content (AvgIpc) is 2.77. The Balaban J connectivity index is 1.97. The van der Waals surface area contributed by atoms with E-state index in [-0.39, 0.29) is 0 Å². The summed E-state index contributed by atoms with van der Waals surface area (Å²) in [7, 11) is 1.78. The summed E-state index contributed by atoms with van der Waals surface area (Å²) in [4.78, 5) is 0. The van der Waals surface area contributed by atoms with E-state index in [0.29, 0.717) is 6.04 Å². The topological polar surface area (TPSA) is 26.2 Å². The van der Waals surface area contributed by atoms with Gasteiger partial charge in [-0.1, -0.05) is 13.3 Å². The molecule has 1 atom stereocenters.